The molecule has 3 heteroatoms. The molecule has 1 N–H and O–H groups in total. The van der Waals surface area contributed by atoms with Crippen LogP contribution in [0.1, 0.15) is 39.5 Å². The van der Waals surface area contributed by atoms with Crippen molar-refractivity contribution in [2.75, 3.05) is 0 Å². The van der Waals surface area contributed by atoms with Crippen LogP contribution in [0.25, 0.3) is 39.1 Å². The first-order valence-electron chi connectivity index (χ1n) is 17.2. The zero-order chi connectivity index (χ0) is 33.1. The van der Waals surface area contributed by atoms with Crippen LogP contribution in [0.2, 0.25) is 0 Å². The SMILES string of the molecule is C1=C(c2ccc(-c3ccccc3)cc2)NC(c2cccc3c2-c2ccccc2C32Oc3ccccc3-c3ccccc32)N=C1c1ccccc1. The fraction of sp³-hybridized carbons (Fsp3) is 0.0426. The number of rotatable bonds is 4. The Labute approximate surface area is 291 Å². The zero-order valence-electron chi connectivity index (χ0n) is 27.3. The number of nitrogens with zero attached hydrogens (tertiary/aromatic N) is 1. The molecule has 2 atom stereocenters. The Balaban J connectivity index is 1.14. The standard InChI is InChI=1S/C47H32N2O/c1-3-14-31(15-4-1)32-26-28-34(29-27-32)43-30-42(33-16-5-2-6-17-33)48-46(49-43)38-21-13-24-41-45(38)37-20-8-11-23-40(37)47(41)39-22-10-7-18-35(39)36-19-9-12-25-44(36)50-47/h1-30,46,49H. The van der Waals surface area contributed by atoms with Crippen LogP contribution >= 0.6 is 0 Å². The van der Waals surface area contributed by atoms with Gasteiger partial charge in [-0.3, -0.25) is 4.99 Å². The molecule has 10 rings (SSSR count). The number of hydrogen-bond acceptors (Lipinski definition) is 3. The summed E-state index contributed by atoms with van der Waals surface area (Å²) < 4.78 is 7.26. The largest absolute Gasteiger partial charge is 0.472 e. The highest BCUT2D eigenvalue weighted by molar-refractivity contribution is 6.13. The van der Waals surface area contributed by atoms with E-state index in [0.717, 1.165) is 56.1 Å². The van der Waals surface area contributed by atoms with E-state index >= 15 is 0 Å². The fourth-order valence-corrected chi connectivity index (χ4v) is 8.06. The normalized spacial score (nSPS) is 18.0. The lowest BCUT2D eigenvalue weighted by atomic mass is 9.77. The molecule has 2 aliphatic heterocycles. The predicted octanol–water partition coefficient (Wildman–Crippen LogP) is 10.8. The molecule has 3 aliphatic rings. The van der Waals surface area contributed by atoms with Crippen molar-refractivity contribution in [1.82, 2.24) is 5.32 Å². The van der Waals surface area contributed by atoms with Crippen LogP contribution in [0.4, 0.5) is 0 Å². The summed E-state index contributed by atoms with van der Waals surface area (Å²) in [5, 5.41) is 3.86. The van der Waals surface area contributed by atoms with Gasteiger partial charge in [0.2, 0.25) is 0 Å². The summed E-state index contributed by atoms with van der Waals surface area (Å²) in [5.41, 5.74) is 15.0. The van der Waals surface area contributed by atoms with Crippen molar-refractivity contribution in [2.24, 2.45) is 4.99 Å². The topological polar surface area (TPSA) is 33.6 Å². The second kappa shape index (κ2) is 11.3. The van der Waals surface area contributed by atoms with Crippen molar-refractivity contribution in [2.45, 2.75) is 11.8 Å². The van der Waals surface area contributed by atoms with Gasteiger partial charge in [0.25, 0.3) is 0 Å². The van der Waals surface area contributed by atoms with Gasteiger partial charge in [0.05, 0.1) is 5.71 Å². The van der Waals surface area contributed by atoms with Crippen molar-refractivity contribution in [3.63, 3.8) is 0 Å². The van der Waals surface area contributed by atoms with Gasteiger partial charge in [-0.2, -0.15) is 0 Å². The molecule has 0 aromatic heterocycles. The summed E-state index contributed by atoms with van der Waals surface area (Å²) in [7, 11) is 0. The summed E-state index contributed by atoms with van der Waals surface area (Å²) in [6, 6.07) is 62.3. The molecule has 7 aromatic carbocycles. The maximum Gasteiger partial charge on any atom is 0.186 e. The van der Waals surface area contributed by atoms with Crippen LogP contribution in [0.15, 0.2) is 187 Å². The van der Waals surface area contributed by atoms with E-state index < -0.39 is 5.60 Å². The Kier molecular flexibility index (Phi) is 6.47. The van der Waals surface area contributed by atoms with Crippen molar-refractivity contribution in [3.8, 4) is 39.1 Å². The quantitative estimate of drug-likeness (QED) is 0.208. The molecule has 0 amide bonds. The van der Waals surface area contributed by atoms with Crippen molar-refractivity contribution in [1.29, 1.82) is 0 Å². The molecule has 0 bridgehead atoms. The lowest BCUT2D eigenvalue weighted by molar-refractivity contribution is 0.157. The smallest absolute Gasteiger partial charge is 0.186 e. The molecule has 7 aromatic rings. The third-order valence-corrected chi connectivity index (χ3v) is 10.3. The molecular formula is C47H32N2O. The Morgan fingerprint density at radius 2 is 1.02 bits per heavy atom. The third-order valence-electron chi connectivity index (χ3n) is 10.3. The Hall–Kier alpha value is -6.45. The third kappa shape index (κ3) is 4.33. The molecule has 1 aliphatic carbocycles. The van der Waals surface area contributed by atoms with Gasteiger partial charge < -0.3 is 10.1 Å². The van der Waals surface area contributed by atoms with Crippen LogP contribution in [0.3, 0.4) is 0 Å². The predicted molar refractivity (Wildman–Crippen MR) is 203 cm³/mol. The lowest BCUT2D eigenvalue weighted by Gasteiger charge is -2.39. The van der Waals surface area contributed by atoms with E-state index in [2.05, 4.69) is 187 Å². The van der Waals surface area contributed by atoms with Crippen LogP contribution in [-0.4, -0.2) is 5.71 Å². The lowest BCUT2D eigenvalue weighted by Crippen LogP contribution is -2.37. The Morgan fingerprint density at radius 1 is 0.460 bits per heavy atom. The van der Waals surface area contributed by atoms with E-state index in [1.54, 1.807) is 0 Å². The monoisotopic (exact) mass is 640 g/mol. The average Bonchev–Trinajstić information content (AvgIpc) is 3.48. The van der Waals surface area contributed by atoms with E-state index in [4.69, 9.17) is 9.73 Å². The highest BCUT2D eigenvalue weighted by Gasteiger charge is 2.51. The minimum Gasteiger partial charge on any atom is -0.472 e. The molecule has 0 saturated carbocycles. The van der Waals surface area contributed by atoms with Crippen molar-refractivity contribution < 1.29 is 4.74 Å². The van der Waals surface area contributed by atoms with Gasteiger partial charge in [-0.25, -0.2) is 0 Å². The summed E-state index contributed by atoms with van der Waals surface area (Å²) in [6.07, 6.45) is 1.85. The van der Waals surface area contributed by atoms with E-state index in [0.29, 0.717) is 0 Å². The number of fused-ring (bicyclic) bond motifs is 9. The number of para-hydroxylation sites is 1. The maximum absolute atomic E-state index is 7.26. The van der Waals surface area contributed by atoms with E-state index in [9.17, 15) is 0 Å². The highest BCUT2D eigenvalue weighted by Crippen LogP contribution is 2.59. The molecule has 0 radical (unpaired) electrons. The second-order valence-electron chi connectivity index (χ2n) is 13.1. The Bertz CT molecular complexity index is 2480. The first-order chi connectivity index (χ1) is 24.8. The summed E-state index contributed by atoms with van der Waals surface area (Å²) in [5.74, 6) is 0.892. The molecular weight excluding hydrogens is 609 g/mol. The minimum atomic E-state index is -0.792. The van der Waals surface area contributed by atoms with Crippen molar-refractivity contribution >= 4 is 11.4 Å². The van der Waals surface area contributed by atoms with Gasteiger partial charge in [0, 0.05) is 33.5 Å². The van der Waals surface area contributed by atoms with E-state index in [-0.39, 0.29) is 6.17 Å². The molecule has 50 heavy (non-hydrogen) atoms. The molecule has 2 heterocycles. The first-order valence-corrected chi connectivity index (χ1v) is 17.2. The molecule has 3 nitrogen and oxygen atoms in total. The van der Waals surface area contributed by atoms with E-state index in [1.807, 2.05) is 0 Å². The van der Waals surface area contributed by atoms with Crippen LogP contribution < -0.4 is 10.1 Å². The highest BCUT2D eigenvalue weighted by atomic mass is 16.5. The molecule has 0 saturated heterocycles. The number of aliphatic imine (C=N–C) groups is 1. The number of benzene rings is 7. The molecule has 1 spiro atoms. The fourth-order valence-electron chi connectivity index (χ4n) is 8.06. The number of ether oxygens (including phenoxy) is 1. The number of allylic oxidation sites excluding steroid dienone is 1. The van der Waals surface area contributed by atoms with Crippen molar-refractivity contribution in [3.05, 3.63) is 215 Å². The van der Waals surface area contributed by atoms with Crippen LogP contribution in [0, 0.1) is 0 Å². The van der Waals surface area contributed by atoms with Gasteiger partial charge in [-0.05, 0) is 51.1 Å². The summed E-state index contributed by atoms with van der Waals surface area (Å²) in [6.45, 7) is 0. The minimum absolute atomic E-state index is 0.330. The number of hydrogen-bond donors (Lipinski definition) is 1. The number of nitrogens with one attached hydrogen (secondary N) is 1. The summed E-state index contributed by atoms with van der Waals surface area (Å²) in [4.78, 5) is 5.42. The second-order valence-corrected chi connectivity index (χ2v) is 13.1. The van der Waals surface area contributed by atoms with Crippen LogP contribution in [-0.2, 0) is 5.60 Å². The van der Waals surface area contributed by atoms with Gasteiger partial charge in [0.15, 0.2) is 5.60 Å². The van der Waals surface area contributed by atoms with Crippen LogP contribution in [0.5, 0.6) is 5.75 Å². The van der Waals surface area contributed by atoms with E-state index in [1.165, 1.54) is 27.8 Å². The molecule has 0 fully saturated rings. The first kappa shape index (κ1) is 28.6. The summed E-state index contributed by atoms with van der Waals surface area (Å²) >= 11 is 0. The zero-order valence-corrected chi connectivity index (χ0v) is 27.3. The Morgan fingerprint density at radius 3 is 1.78 bits per heavy atom. The average molecular weight is 641 g/mol. The van der Waals surface area contributed by atoms with Gasteiger partial charge in [-0.1, -0.05) is 170 Å². The molecule has 2 unspecified atom stereocenters. The van der Waals surface area contributed by atoms with Gasteiger partial charge in [-0.15, -0.1) is 0 Å². The maximum atomic E-state index is 7.26. The van der Waals surface area contributed by atoms with Gasteiger partial charge in [0.1, 0.15) is 11.9 Å². The van der Waals surface area contributed by atoms with Gasteiger partial charge >= 0.3 is 0 Å². The molecule has 236 valence electrons.